The van der Waals surface area contributed by atoms with Crippen LogP contribution in [0, 0.1) is 5.92 Å². The van der Waals surface area contributed by atoms with Crippen molar-refractivity contribution in [2.24, 2.45) is 5.92 Å². The first kappa shape index (κ1) is 21.1. The van der Waals surface area contributed by atoms with Crippen LogP contribution in [0.25, 0.3) is 16.9 Å². The number of piperazine rings is 1. The summed E-state index contributed by atoms with van der Waals surface area (Å²) in [6.07, 6.45) is 1.85. The second-order valence-corrected chi connectivity index (χ2v) is 8.36. The molecule has 3 aromatic rings. The number of carbonyl (C=O) groups is 1. The summed E-state index contributed by atoms with van der Waals surface area (Å²) in [7, 11) is 1.64. The number of para-hydroxylation sites is 2. The molecule has 162 valence electrons. The second-order valence-electron chi connectivity index (χ2n) is 8.36. The number of hydrogen-bond acceptors (Lipinski definition) is 4. The van der Waals surface area contributed by atoms with Gasteiger partial charge >= 0.3 is 0 Å². The fourth-order valence-corrected chi connectivity index (χ4v) is 4.10. The van der Waals surface area contributed by atoms with Gasteiger partial charge in [0, 0.05) is 44.5 Å². The molecule has 4 rings (SSSR count). The van der Waals surface area contributed by atoms with Crippen molar-refractivity contribution in [2.75, 3.05) is 39.8 Å². The van der Waals surface area contributed by atoms with Crippen LogP contribution < -0.4 is 4.74 Å². The standard InChI is InChI=1S/C25H30N4O2/c1-19(2)17-27-13-15-28(16-14-27)25(30)22-18-29(20-9-5-4-6-10-20)26-24(22)21-11-7-8-12-23(21)31-3/h4-12,18-19H,13-17H2,1-3H3. The number of ether oxygens (including phenoxy) is 1. The number of benzene rings is 2. The van der Waals surface area contributed by atoms with Crippen LogP contribution in [0.1, 0.15) is 24.2 Å². The lowest BCUT2D eigenvalue weighted by Crippen LogP contribution is -2.49. The van der Waals surface area contributed by atoms with Gasteiger partial charge in [-0.3, -0.25) is 9.69 Å². The number of nitrogens with zero attached hydrogens (tertiary/aromatic N) is 4. The lowest BCUT2D eigenvalue weighted by atomic mass is 10.1. The van der Waals surface area contributed by atoms with Gasteiger partial charge in [0.1, 0.15) is 11.4 Å². The van der Waals surface area contributed by atoms with Gasteiger partial charge in [0.2, 0.25) is 0 Å². The van der Waals surface area contributed by atoms with E-state index in [0.29, 0.717) is 22.9 Å². The van der Waals surface area contributed by atoms with Crippen LogP contribution in [-0.2, 0) is 0 Å². The predicted octanol–water partition coefficient (Wildman–Crippen LogP) is 3.96. The molecule has 0 saturated carbocycles. The quantitative estimate of drug-likeness (QED) is 0.608. The van der Waals surface area contributed by atoms with E-state index in [4.69, 9.17) is 9.84 Å². The highest BCUT2D eigenvalue weighted by Gasteiger charge is 2.27. The van der Waals surface area contributed by atoms with E-state index in [2.05, 4.69) is 18.7 Å². The second kappa shape index (κ2) is 9.35. The zero-order valence-corrected chi connectivity index (χ0v) is 18.5. The molecule has 1 aliphatic heterocycles. The van der Waals surface area contributed by atoms with Gasteiger partial charge in [0.05, 0.1) is 18.4 Å². The van der Waals surface area contributed by atoms with Crippen LogP contribution in [0.4, 0.5) is 0 Å². The van der Waals surface area contributed by atoms with Gasteiger partial charge in [-0.2, -0.15) is 5.10 Å². The number of amides is 1. The maximum Gasteiger partial charge on any atom is 0.257 e. The number of hydrogen-bond donors (Lipinski definition) is 0. The maximum atomic E-state index is 13.6. The minimum absolute atomic E-state index is 0.0206. The van der Waals surface area contributed by atoms with Crippen LogP contribution in [0.15, 0.2) is 60.8 Å². The van der Waals surface area contributed by atoms with Crippen molar-refractivity contribution in [1.29, 1.82) is 0 Å². The van der Waals surface area contributed by atoms with Crippen molar-refractivity contribution < 1.29 is 9.53 Å². The average Bonchev–Trinajstić information content (AvgIpc) is 3.24. The molecule has 0 N–H and O–H groups in total. The van der Waals surface area contributed by atoms with Crippen molar-refractivity contribution in [3.63, 3.8) is 0 Å². The largest absolute Gasteiger partial charge is 0.496 e. The highest BCUT2D eigenvalue weighted by molar-refractivity contribution is 6.00. The summed E-state index contributed by atoms with van der Waals surface area (Å²) in [4.78, 5) is 18.0. The average molecular weight is 419 g/mol. The molecule has 0 spiro atoms. The molecular weight excluding hydrogens is 388 g/mol. The van der Waals surface area contributed by atoms with Crippen LogP contribution >= 0.6 is 0 Å². The molecular formula is C25H30N4O2. The molecule has 31 heavy (non-hydrogen) atoms. The molecule has 0 unspecified atom stereocenters. The molecule has 0 aliphatic carbocycles. The molecule has 1 aliphatic rings. The lowest BCUT2D eigenvalue weighted by Gasteiger charge is -2.35. The molecule has 0 atom stereocenters. The molecule has 1 saturated heterocycles. The molecule has 1 aromatic heterocycles. The predicted molar refractivity (Wildman–Crippen MR) is 123 cm³/mol. The highest BCUT2D eigenvalue weighted by atomic mass is 16.5. The Labute approximate surface area is 184 Å². The lowest BCUT2D eigenvalue weighted by molar-refractivity contribution is 0.0624. The summed E-state index contributed by atoms with van der Waals surface area (Å²) in [6, 6.07) is 17.6. The first-order valence-electron chi connectivity index (χ1n) is 10.9. The van der Waals surface area contributed by atoms with E-state index in [0.717, 1.165) is 44.0 Å². The topological polar surface area (TPSA) is 50.6 Å². The summed E-state index contributed by atoms with van der Waals surface area (Å²) >= 11 is 0. The number of carbonyl (C=O) groups excluding carboxylic acids is 1. The molecule has 2 aromatic carbocycles. The van der Waals surface area contributed by atoms with Crippen molar-refractivity contribution in [3.8, 4) is 22.7 Å². The van der Waals surface area contributed by atoms with Gasteiger partial charge in [-0.15, -0.1) is 0 Å². The van der Waals surface area contributed by atoms with E-state index in [1.807, 2.05) is 65.7 Å². The van der Waals surface area contributed by atoms with Gasteiger partial charge in [-0.1, -0.05) is 44.2 Å². The Kier molecular flexibility index (Phi) is 6.37. The molecule has 0 bridgehead atoms. The Balaban J connectivity index is 1.68. The summed E-state index contributed by atoms with van der Waals surface area (Å²) < 4.78 is 7.35. The fraction of sp³-hybridized carbons (Fsp3) is 0.360. The first-order chi connectivity index (χ1) is 15.1. The van der Waals surface area contributed by atoms with Gasteiger partial charge in [0.15, 0.2) is 0 Å². The summed E-state index contributed by atoms with van der Waals surface area (Å²) in [5.74, 6) is 1.35. The van der Waals surface area contributed by atoms with Crippen molar-refractivity contribution in [2.45, 2.75) is 13.8 Å². The SMILES string of the molecule is COc1ccccc1-c1nn(-c2ccccc2)cc1C(=O)N1CCN(CC(C)C)CC1. The summed E-state index contributed by atoms with van der Waals surface area (Å²) in [5, 5.41) is 4.81. The third-order valence-corrected chi connectivity index (χ3v) is 5.61. The fourth-order valence-electron chi connectivity index (χ4n) is 4.10. The van der Waals surface area contributed by atoms with E-state index in [1.165, 1.54) is 0 Å². The Bertz CT molecular complexity index is 1020. The highest BCUT2D eigenvalue weighted by Crippen LogP contribution is 2.32. The van der Waals surface area contributed by atoms with Crippen LogP contribution in [0.5, 0.6) is 5.75 Å². The van der Waals surface area contributed by atoms with Gasteiger partial charge in [0.25, 0.3) is 5.91 Å². The Morgan fingerprint density at radius 2 is 1.68 bits per heavy atom. The first-order valence-corrected chi connectivity index (χ1v) is 10.9. The van der Waals surface area contributed by atoms with Crippen molar-refractivity contribution in [1.82, 2.24) is 19.6 Å². The Hall–Kier alpha value is -3.12. The van der Waals surface area contributed by atoms with Crippen LogP contribution in [0.2, 0.25) is 0 Å². The van der Waals surface area contributed by atoms with E-state index in [9.17, 15) is 4.79 Å². The Morgan fingerprint density at radius 1 is 1.00 bits per heavy atom. The van der Waals surface area contributed by atoms with Gasteiger partial charge in [-0.25, -0.2) is 4.68 Å². The number of rotatable bonds is 6. The van der Waals surface area contributed by atoms with Crippen molar-refractivity contribution >= 4 is 5.91 Å². The monoisotopic (exact) mass is 418 g/mol. The van der Waals surface area contributed by atoms with E-state index >= 15 is 0 Å². The van der Waals surface area contributed by atoms with Gasteiger partial charge in [-0.05, 0) is 30.2 Å². The molecule has 1 fully saturated rings. The van der Waals surface area contributed by atoms with Crippen LogP contribution in [0.3, 0.4) is 0 Å². The van der Waals surface area contributed by atoms with Crippen molar-refractivity contribution in [3.05, 3.63) is 66.4 Å². The number of methoxy groups -OCH3 is 1. The molecule has 6 heteroatoms. The Morgan fingerprint density at radius 3 is 2.35 bits per heavy atom. The molecule has 1 amide bonds. The number of aromatic nitrogens is 2. The minimum Gasteiger partial charge on any atom is -0.496 e. The van der Waals surface area contributed by atoms with Crippen LogP contribution in [-0.4, -0.2) is 65.3 Å². The van der Waals surface area contributed by atoms with E-state index < -0.39 is 0 Å². The molecule has 0 radical (unpaired) electrons. The maximum absolute atomic E-state index is 13.6. The normalized spacial score (nSPS) is 14.8. The zero-order chi connectivity index (χ0) is 21.8. The third kappa shape index (κ3) is 4.64. The smallest absolute Gasteiger partial charge is 0.257 e. The van der Waals surface area contributed by atoms with E-state index in [1.54, 1.807) is 11.8 Å². The van der Waals surface area contributed by atoms with E-state index in [-0.39, 0.29) is 5.91 Å². The summed E-state index contributed by atoms with van der Waals surface area (Å²) in [6.45, 7) is 8.80. The minimum atomic E-state index is 0.0206. The summed E-state index contributed by atoms with van der Waals surface area (Å²) in [5.41, 5.74) is 2.99. The molecule has 6 nitrogen and oxygen atoms in total. The van der Waals surface area contributed by atoms with Gasteiger partial charge < -0.3 is 9.64 Å². The molecule has 2 heterocycles. The third-order valence-electron chi connectivity index (χ3n) is 5.61. The zero-order valence-electron chi connectivity index (χ0n) is 18.5.